The molecule has 0 aliphatic carbocycles. The van der Waals surface area contributed by atoms with Crippen LogP contribution in [0, 0.1) is 13.8 Å². The summed E-state index contributed by atoms with van der Waals surface area (Å²) >= 11 is 1.71. The van der Waals surface area contributed by atoms with Crippen LogP contribution in [0.15, 0.2) is 54.3 Å². The number of benzene rings is 1. The first-order valence-electron chi connectivity index (χ1n) is 11.8. The number of aromatic nitrogens is 3. The van der Waals surface area contributed by atoms with E-state index in [0.29, 0.717) is 30.6 Å². The van der Waals surface area contributed by atoms with Gasteiger partial charge in [0.25, 0.3) is 11.8 Å². The van der Waals surface area contributed by atoms with Crippen molar-refractivity contribution >= 4 is 29.0 Å². The largest absolute Gasteiger partial charge is 0.383 e. The number of rotatable bonds is 5. The third-order valence-corrected chi connectivity index (χ3v) is 7.56. The number of hydrogen-bond donors (Lipinski definition) is 2. The third kappa shape index (κ3) is 4.74. The van der Waals surface area contributed by atoms with Gasteiger partial charge in [-0.3, -0.25) is 14.3 Å². The molecule has 1 aliphatic heterocycles. The fourth-order valence-corrected chi connectivity index (χ4v) is 5.53. The topological polar surface area (TPSA) is 106 Å². The summed E-state index contributed by atoms with van der Waals surface area (Å²) in [7, 11) is 1.83. The summed E-state index contributed by atoms with van der Waals surface area (Å²) in [5.74, 6) is -0.150. The summed E-state index contributed by atoms with van der Waals surface area (Å²) in [4.78, 5) is 33.4. The van der Waals surface area contributed by atoms with E-state index in [4.69, 9.17) is 5.73 Å². The number of thiophene rings is 1. The van der Waals surface area contributed by atoms with E-state index in [1.165, 1.54) is 10.4 Å². The highest BCUT2D eigenvalue weighted by molar-refractivity contribution is 7.13. The first-order valence-corrected chi connectivity index (χ1v) is 12.7. The molecule has 9 heteroatoms. The third-order valence-electron chi connectivity index (χ3n) is 6.48. The minimum atomic E-state index is -0.295. The lowest BCUT2D eigenvalue weighted by molar-refractivity contribution is 0.0783. The molecule has 8 nitrogen and oxygen atoms in total. The number of aryl methyl sites for hydroxylation is 3. The molecule has 4 heterocycles. The molecule has 0 spiro atoms. The summed E-state index contributed by atoms with van der Waals surface area (Å²) in [5.41, 5.74) is 12.1. The second kappa shape index (κ2) is 9.58. The summed E-state index contributed by atoms with van der Waals surface area (Å²) in [6.45, 7) is 5.15. The number of nitrogens with one attached hydrogen (secondary N) is 1. The van der Waals surface area contributed by atoms with Crippen molar-refractivity contribution in [3.05, 3.63) is 76.6 Å². The first kappa shape index (κ1) is 23.7. The van der Waals surface area contributed by atoms with Crippen molar-refractivity contribution < 1.29 is 9.59 Å². The number of carbonyl (C=O) groups is 2. The number of nitrogens with zero attached hydrogens (tertiary/aromatic N) is 4. The summed E-state index contributed by atoms with van der Waals surface area (Å²) in [6, 6.07) is 9.60. The summed E-state index contributed by atoms with van der Waals surface area (Å²) in [5, 5.41) is 9.33. The van der Waals surface area contributed by atoms with Gasteiger partial charge in [0, 0.05) is 60.1 Å². The predicted molar refractivity (Wildman–Crippen MR) is 142 cm³/mol. The lowest BCUT2D eigenvalue weighted by atomic mass is 10.0. The molecule has 0 bridgehead atoms. The van der Waals surface area contributed by atoms with Crippen LogP contribution in [0.3, 0.4) is 0 Å². The Kier molecular flexibility index (Phi) is 6.32. The Morgan fingerprint density at radius 3 is 2.67 bits per heavy atom. The van der Waals surface area contributed by atoms with Crippen LogP contribution < -0.4 is 11.1 Å². The Morgan fingerprint density at radius 2 is 1.97 bits per heavy atom. The molecular formula is C27H28N6O2S. The van der Waals surface area contributed by atoms with E-state index >= 15 is 0 Å². The van der Waals surface area contributed by atoms with Gasteiger partial charge in [-0.05, 0) is 66.6 Å². The number of nitrogen functional groups attached to an aromatic ring is 1. The molecule has 4 aromatic rings. The number of carbonyl (C=O) groups excluding carboxylic acids is 2. The highest BCUT2D eigenvalue weighted by Crippen LogP contribution is 2.30. The van der Waals surface area contributed by atoms with Gasteiger partial charge in [0.2, 0.25) is 0 Å². The van der Waals surface area contributed by atoms with Gasteiger partial charge >= 0.3 is 0 Å². The number of anilines is 1. The van der Waals surface area contributed by atoms with Crippen LogP contribution >= 0.6 is 11.3 Å². The Hall–Kier alpha value is -3.98. The molecule has 3 N–H and O–H groups in total. The van der Waals surface area contributed by atoms with Gasteiger partial charge in [-0.1, -0.05) is 6.07 Å². The molecule has 0 saturated carbocycles. The number of likely N-dealkylation sites (tertiary alicyclic amines) is 1. The van der Waals surface area contributed by atoms with E-state index in [0.717, 1.165) is 22.3 Å². The smallest absolute Gasteiger partial charge is 0.255 e. The predicted octanol–water partition coefficient (Wildman–Crippen LogP) is 4.05. The summed E-state index contributed by atoms with van der Waals surface area (Å²) < 4.78 is 1.69. The molecule has 5 rings (SSSR count). The van der Waals surface area contributed by atoms with Crippen LogP contribution in [0.5, 0.6) is 0 Å². The molecule has 2 amide bonds. The first-order chi connectivity index (χ1) is 17.3. The molecule has 0 unspecified atom stereocenters. The van der Waals surface area contributed by atoms with Gasteiger partial charge in [-0.2, -0.15) is 5.10 Å². The van der Waals surface area contributed by atoms with Crippen molar-refractivity contribution in [1.82, 2.24) is 25.0 Å². The zero-order valence-corrected chi connectivity index (χ0v) is 21.3. The van der Waals surface area contributed by atoms with Crippen LogP contribution in [0.4, 0.5) is 5.82 Å². The molecule has 1 fully saturated rings. The fraction of sp³-hybridized carbons (Fsp3) is 0.259. The zero-order valence-electron chi connectivity index (χ0n) is 20.5. The Bertz CT molecular complexity index is 1460. The van der Waals surface area contributed by atoms with Crippen molar-refractivity contribution in [2.75, 3.05) is 18.8 Å². The molecular weight excluding hydrogens is 472 g/mol. The molecule has 3 aromatic heterocycles. The number of nitrogens with two attached hydrogens (primary N) is 1. The molecule has 184 valence electrons. The van der Waals surface area contributed by atoms with Crippen molar-refractivity contribution in [3.8, 4) is 21.6 Å². The van der Waals surface area contributed by atoms with Crippen molar-refractivity contribution in [1.29, 1.82) is 0 Å². The minimum absolute atomic E-state index is 0.0245. The molecule has 1 atom stereocenters. The van der Waals surface area contributed by atoms with E-state index < -0.39 is 0 Å². The van der Waals surface area contributed by atoms with E-state index in [1.54, 1.807) is 39.4 Å². The number of pyridine rings is 1. The van der Waals surface area contributed by atoms with E-state index in [2.05, 4.69) is 33.8 Å². The van der Waals surface area contributed by atoms with E-state index in [-0.39, 0.29) is 23.7 Å². The van der Waals surface area contributed by atoms with Crippen molar-refractivity contribution in [2.45, 2.75) is 26.3 Å². The van der Waals surface area contributed by atoms with Crippen LogP contribution in [0.25, 0.3) is 21.6 Å². The lowest BCUT2D eigenvalue weighted by Crippen LogP contribution is -2.38. The maximum Gasteiger partial charge on any atom is 0.255 e. The summed E-state index contributed by atoms with van der Waals surface area (Å²) in [6.07, 6.45) is 5.88. The van der Waals surface area contributed by atoms with E-state index in [9.17, 15) is 9.59 Å². The Morgan fingerprint density at radius 1 is 1.14 bits per heavy atom. The van der Waals surface area contributed by atoms with Gasteiger partial charge < -0.3 is 16.0 Å². The standard InChI is InChI=1S/C27H28N6O2S/c1-16-8-24(36-15-16)22-5-4-18(9-17(22)2)27(35)33-7-6-21(14-33)31-26(34)23-10-19(11-29-25(23)28)20-12-30-32(3)13-20/h4-5,8-13,15,21H,6-7,14H2,1-3H3,(H2,28,29)(H,31,34)/t21-/m1/s1. The molecule has 36 heavy (non-hydrogen) atoms. The van der Waals surface area contributed by atoms with Crippen LogP contribution in [0.1, 0.15) is 38.3 Å². The molecule has 0 radical (unpaired) electrons. The fourth-order valence-electron chi connectivity index (χ4n) is 4.54. The average molecular weight is 501 g/mol. The van der Waals surface area contributed by atoms with Crippen molar-refractivity contribution in [3.63, 3.8) is 0 Å². The maximum absolute atomic E-state index is 13.2. The van der Waals surface area contributed by atoms with Gasteiger partial charge in [-0.15, -0.1) is 11.3 Å². The number of amides is 2. The monoisotopic (exact) mass is 500 g/mol. The minimum Gasteiger partial charge on any atom is -0.383 e. The molecule has 1 saturated heterocycles. The number of hydrogen-bond acceptors (Lipinski definition) is 6. The van der Waals surface area contributed by atoms with Gasteiger partial charge in [0.15, 0.2) is 0 Å². The zero-order chi connectivity index (χ0) is 25.4. The SMILES string of the molecule is Cc1csc(-c2ccc(C(=O)N3CC[C@@H](NC(=O)c4cc(-c5cnn(C)c5)cnc4N)C3)cc2C)c1. The lowest BCUT2D eigenvalue weighted by Gasteiger charge is -2.18. The van der Waals surface area contributed by atoms with Crippen molar-refractivity contribution in [2.24, 2.45) is 7.05 Å². The Labute approximate surface area is 213 Å². The van der Waals surface area contributed by atoms with E-state index in [1.807, 2.05) is 38.4 Å². The average Bonchev–Trinajstić information content (AvgIpc) is 3.60. The Balaban J connectivity index is 1.25. The van der Waals surface area contributed by atoms with Gasteiger partial charge in [0.05, 0.1) is 11.8 Å². The van der Waals surface area contributed by atoms with Crippen LogP contribution in [-0.4, -0.2) is 50.6 Å². The quantitative estimate of drug-likeness (QED) is 0.430. The van der Waals surface area contributed by atoms with Gasteiger partial charge in [0.1, 0.15) is 5.82 Å². The van der Waals surface area contributed by atoms with Crippen LogP contribution in [0.2, 0.25) is 0 Å². The normalized spacial score (nSPS) is 15.3. The second-order valence-corrected chi connectivity index (χ2v) is 10.2. The maximum atomic E-state index is 13.2. The van der Waals surface area contributed by atoms with Gasteiger partial charge in [-0.25, -0.2) is 4.98 Å². The molecule has 1 aliphatic rings. The highest BCUT2D eigenvalue weighted by Gasteiger charge is 2.29. The second-order valence-electron chi connectivity index (χ2n) is 9.29. The van der Waals surface area contributed by atoms with Crippen LogP contribution in [-0.2, 0) is 7.05 Å². The molecule has 1 aromatic carbocycles. The highest BCUT2D eigenvalue weighted by atomic mass is 32.1.